The van der Waals surface area contributed by atoms with Crippen LogP contribution in [-0.4, -0.2) is 46.7 Å². The van der Waals surface area contributed by atoms with Crippen molar-refractivity contribution in [2.45, 2.75) is 36.1 Å². The van der Waals surface area contributed by atoms with Crippen molar-refractivity contribution in [1.29, 1.82) is 0 Å². The van der Waals surface area contributed by atoms with E-state index < -0.39 is 20.0 Å². The van der Waals surface area contributed by atoms with Crippen LogP contribution >= 0.6 is 0 Å². The summed E-state index contributed by atoms with van der Waals surface area (Å²) in [5, 5.41) is 7.71. The Morgan fingerprint density at radius 2 is 1.56 bits per heavy atom. The maximum atomic E-state index is 12.7. The zero-order chi connectivity index (χ0) is 23.4. The number of ether oxygens (including phenoxy) is 1. The van der Waals surface area contributed by atoms with Gasteiger partial charge in [-0.25, -0.2) is 22.0 Å². The molecular formula is C21H27N3O6S2. The number of primary sulfonamides is 1. The average molecular weight is 482 g/mol. The summed E-state index contributed by atoms with van der Waals surface area (Å²) in [7, 11) is -7.29. The molecule has 1 aliphatic heterocycles. The van der Waals surface area contributed by atoms with Crippen LogP contribution in [-0.2, 0) is 31.4 Å². The van der Waals surface area contributed by atoms with Gasteiger partial charge in [-0.3, -0.25) is 4.79 Å². The van der Waals surface area contributed by atoms with Crippen LogP contribution in [0.2, 0.25) is 0 Å². The number of hydrogen-bond donors (Lipinski definition) is 2. The lowest BCUT2D eigenvalue weighted by Crippen LogP contribution is -2.37. The molecule has 0 radical (unpaired) electrons. The van der Waals surface area contributed by atoms with Gasteiger partial charge in [0.2, 0.25) is 20.0 Å². The molecule has 3 rings (SSSR count). The van der Waals surface area contributed by atoms with Crippen molar-refractivity contribution in [3.63, 3.8) is 0 Å². The van der Waals surface area contributed by atoms with E-state index in [4.69, 9.17) is 9.88 Å². The minimum absolute atomic E-state index is 0.00350. The minimum atomic E-state index is -3.76. The summed E-state index contributed by atoms with van der Waals surface area (Å²) < 4.78 is 54.9. The number of hydrogen-bond acceptors (Lipinski definition) is 6. The molecule has 0 aliphatic carbocycles. The van der Waals surface area contributed by atoms with E-state index in [-0.39, 0.29) is 28.8 Å². The predicted octanol–water partition coefficient (Wildman–Crippen LogP) is 1.45. The number of carbonyl (C=O) groups is 1. The molecule has 0 atom stereocenters. The summed E-state index contributed by atoms with van der Waals surface area (Å²) >= 11 is 0. The second-order valence-corrected chi connectivity index (χ2v) is 11.3. The highest BCUT2D eigenvalue weighted by Crippen LogP contribution is 2.24. The van der Waals surface area contributed by atoms with Crippen molar-refractivity contribution >= 4 is 26.0 Å². The van der Waals surface area contributed by atoms with E-state index in [1.54, 1.807) is 12.1 Å². The van der Waals surface area contributed by atoms with E-state index in [1.165, 1.54) is 40.7 Å². The van der Waals surface area contributed by atoms with Crippen molar-refractivity contribution in [2.75, 3.05) is 19.7 Å². The second-order valence-electron chi connectivity index (χ2n) is 7.81. The van der Waals surface area contributed by atoms with Crippen LogP contribution in [0.1, 0.15) is 25.3 Å². The molecule has 2 aromatic rings. The summed E-state index contributed by atoms with van der Waals surface area (Å²) in [4.78, 5) is 12.2. The zero-order valence-corrected chi connectivity index (χ0v) is 19.4. The van der Waals surface area contributed by atoms with Gasteiger partial charge in [-0.05, 0) is 60.7 Å². The molecule has 9 nitrogen and oxygen atoms in total. The lowest BCUT2D eigenvalue weighted by Gasteiger charge is -2.29. The molecule has 174 valence electrons. The highest BCUT2D eigenvalue weighted by atomic mass is 32.2. The highest BCUT2D eigenvalue weighted by Gasteiger charge is 2.27. The van der Waals surface area contributed by atoms with Gasteiger partial charge in [0.05, 0.1) is 9.79 Å². The standard InChI is InChI=1S/C21H27N3O6S2/c1-16-10-12-24(13-11-16)32(28,29)20-8-4-18(5-9-20)30-15-21(25)23-14-17-2-6-19(7-3-17)31(22,26)27/h2-9,16H,10-15H2,1H3,(H,23,25)(H2,22,26,27). The molecule has 1 amide bonds. The lowest BCUT2D eigenvalue weighted by molar-refractivity contribution is -0.123. The fourth-order valence-electron chi connectivity index (χ4n) is 3.28. The van der Waals surface area contributed by atoms with Crippen LogP contribution in [0.5, 0.6) is 5.75 Å². The monoisotopic (exact) mass is 481 g/mol. The van der Waals surface area contributed by atoms with Crippen LogP contribution in [0, 0.1) is 5.92 Å². The Kier molecular flexibility index (Phi) is 7.55. The Morgan fingerprint density at radius 3 is 2.12 bits per heavy atom. The Hall–Kier alpha value is -2.47. The highest BCUT2D eigenvalue weighted by molar-refractivity contribution is 7.89. The van der Waals surface area contributed by atoms with Gasteiger partial charge in [-0.2, -0.15) is 4.31 Å². The van der Waals surface area contributed by atoms with E-state index >= 15 is 0 Å². The maximum Gasteiger partial charge on any atom is 0.258 e. The van der Waals surface area contributed by atoms with Gasteiger partial charge >= 0.3 is 0 Å². The third-order valence-electron chi connectivity index (χ3n) is 5.32. The number of piperidine rings is 1. The number of sulfonamides is 2. The second kappa shape index (κ2) is 9.99. The lowest BCUT2D eigenvalue weighted by atomic mass is 10.0. The number of nitrogens with one attached hydrogen (secondary N) is 1. The van der Waals surface area contributed by atoms with Gasteiger partial charge in [0.25, 0.3) is 5.91 Å². The van der Waals surface area contributed by atoms with Crippen LogP contribution < -0.4 is 15.2 Å². The molecular weight excluding hydrogens is 454 g/mol. The van der Waals surface area contributed by atoms with Crippen LogP contribution in [0.15, 0.2) is 58.3 Å². The molecule has 32 heavy (non-hydrogen) atoms. The predicted molar refractivity (Wildman–Crippen MR) is 119 cm³/mol. The summed E-state index contributed by atoms with van der Waals surface area (Å²) in [5.41, 5.74) is 0.701. The molecule has 1 saturated heterocycles. The molecule has 0 aromatic heterocycles. The summed E-state index contributed by atoms with van der Waals surface area (Å²) in [6.07, 6.45) is 1.71. The Labute approximate surface area is 188 Å². The largest absolute Gasteiger partial charge is 0.484 e. The smallest absolute Gasteiger partial charge is 0.258 e. The normalized spacial score (nSPS) is 15.9. The topological polar surface area (TPSA) is 136 Å². The van der Waals surface area contributed by atoms with Crippen molar-refractivity contribution in [3.8, 4) is 5.75 Å². The molecule has 2 aromatic carbocycles. The first-order valence-corrected chi connectivity index (χ1v) is 13.2. The summed E-state index contributed by atoms with van der Waals surface area (Å²) in [6, 6.07) is 11.9. The number of nitrogens with zero attached hydrogens (tertiary/aromatic N) is 1. The molecule has 3 N–H and O–H groups in total. The molecule has 1 aliphatic rings. The Bertz CT molecular complexity index is 1140. The van der Waals surface area contributed by atoms with Gasteiger partial charge in [-0.15, -0.1) is 0 Å². The first kappa shape index (κ1) is 24.2. The van der Waals surface area contributed by atoms with Crippen LogP contribution in [0.4, 0.5) is 0 Å². The van der Waals surface area contributed by atoms with Gasteiger partial charge in [0.1, 0.15) is 5.75 Å². The number of carbonyl (C=O) groups excluding carboxylic acids is 1. The Morgan fingerprint density at radius 1 is 1.00 bits per heavy atom. The third-order valence-corrected chi connectivity index (χ3v) is 8.16. The van der Waals surface area contributed by atoms with Crippen molar-refractivity contribution < 1.29 is 26.4 Å². The molecule has 0 unspecified atom stereocenters. The van der Waals surface area contributed by atoms with Crippen molar-refractivity contribution in [1.82, 2.24) is 9.62 Å². The van der Waals surface area contributed by atoms with E-state index in [0.717, 1.165) is 12.8 Å². The molecule has 11 heteroatoms. The van der Waals surface area contributed by atoms with Gasteiger partial charge in [0, 0.05) is 19.6 Å². The quantitative estimate of drug-likeness (QED) is 0.586. The first-order valence-electron chi connectivity index (χ1n) is 10.2. The molecule has 0 saturated carbocycles. The van der Waals surface area contributed by atoms with Gasteiger partial charge < -0.3 is 10.1 Å². The SMILES string of the molecule is CC1CCN(S(=O)(=O)c2ccc(OCC(=O)NCc3ccc(S(N)(=O)=O)cc3)cc2)CC1. The number of nitrogens with two attached hydrogens (primary N) is 1. The van der Waals surface area contributed by atoms with Crippen LogP contribution in [0.25, 0.3) is 0 Å². The molecule has 1 fully saturated rings. The molecule has 0 spiro atoms. The molecule has 1 heterocycles. The fraction of sp³-hybridized carbons (Fsp3) is 0.381. The third kappa shape index (κ3) is 6.28. The summed E-state index contributed by atoms with van der Waals surface area (Å²) in [6.45, 7) is 3.11. The van der Waals surface area contributed by atoms with Crippen LogP contribution in [0.3, 0.4) is 0 Å². The Balaban J connectivity index is 1.49. The summed E-state index contributed by atoms with van der Waals surface area (Å²) in [5.74, 6) is 0.536. The maximum absolute atomic E-state index is 12.7. The molecule has 0 bridgehead atoms. The number of benzene rings is 2. The van der Waals surface area contributed by atoms with Gasteiger partial charge in [-0.1, -0.05) is 19.1 Å². The van der Waals surface area contributed by atoms with Crippen molar-refractivity contribution in [2.24, 2.45) is 11.1 Å². The van der Waals surface area contributed by atoms with E-state index in [0.29, 0.717) is 30.3 Å². The number of rotatable bonds is 8. The number of amides is 1. The zero-order valence-electron chi connectivity index (χ0n) is 17.7. The fourth-order valence-corrected chi connectivity index (χ4v) is 5.26. The van der Waals surface area contributed by atoms with Crippen molar-refractivity contribution in [3.05, 3.63) is 54.1 Å². The first-order chi connectivity index (χ1) is 15.1. The van der Waals surface area contributed by atoms with E-state index in [2.05, 4.69) is 12.2 Å². The minimum Gasteiger partial charge on any atom is -0.484 e. The average Bonchev–Trinajstić information content (AvgIpc) is 2.76. The van der Waals surface area contributed by atoms with E-state index in [1.807, 2.05) is 0 Å². The van der Waals surface area contributed by atoms with E-state index in [9.17, 15) is 21.6 Å². The van der Waals surface area contributed by atoms with Gasteiger partial charge in [0.15, 0.2) is 6.61 Å².